The van der Waals surface area contributed by atoms with E-state index in [0.717, 1.165) is 6.08 Å². The number of nitrogens with zero attached hydrogens (tertiary/aromatic N) is 4. The third-order valence-corrected chi connectivity index (χ3v) is 7.60. The number of hydrogen-bond donors (Lipinski definition) is 0. The molecule has 10 heteroatoms. The molecule has 0 aliphatic carbocycles. The van der Waals surface area contributed by atoms with E-state index in [1.54, 1.807) is 49.5 Å². The first-order valence-electron chi connectivity index (χ1n) is 11.1. The first kappa shape index (κ1) is 23.8. The van der Waals surface area contributed by atoms with Crippen LogP contribution in [0.15, 0.2) is 55.3 Å². The second-order valence-electron chi connectivity index (χ2n) is 9.25. The standard InChI is InChI=1S/C25H22Cl2F2N4O2/c1-3-20(34)31-12-24(13-31)11-15(2)32(14-25(24,28)29)23(35)22-21(17-6-4-5-7-18(17)27)19-10-16(26)8-9-33(19)30-22/h3-10,15H,1,11-14H2,2H3/t15-/m1/s1. The lowest BCUT2D eigenvalue weighted by molar-refractivity contribution is -0.225. The van der Waals surface area contributed by atoms with E-state index in [0.29, 0.717) is 26.7 Å². The van der Waals surface area contributed by atoms with Gasteiger partial charge in [-0.3, -0.25) is 9.59 Å². The van der Waals surface area contributed by atoms with E-state index in [2.05, 4.69) is 11.7 Å². The van der Waals surface area contributed by atoms with E-state index in [-0.39, 0.29) is 31.1 Å². The van der Waals surface area contributed by atoms with Crippen LogP contribution in [0.25, 0.3) is 16.6 Å². The molecule has 0 unspecified atom stereocenters. The highest BCUT2D eigenvalue weighted by Crippen LogP contribution is 2.52. The highest BCUT2D eigenvalue weighted by atomic mass is 35.5. The molecule has 2 aliphatic heterocycles. The summed E-state index contributed by atoms with van der Waals surface area (Å²) in [6.45, 7) is 4.28. The third kappa shape index (κ3) is 3.70. The highest BCUT2D eigenvalue weighted by Gasteiger charge is 2.65. The Kier molecular flexibility index (Phi) is 5.64. The van der Waals surface area contributed by atoms with E-state index in [9.17, 15) is 9.59 Å². The van der Waals surface area contributed by atoms with Crippen molar-refractivity contribution >= 4 is 40.5 Å². The maximum absolute atomic E-state index is 15.5. The molecular weight excluding hydrogens is 497 g/mol. The zero-order valence-corrected chi connectivity index (χ0v) is 20.4. The summed E-state index contributed by atoms with van der Waals surface area (Å²) in [4.78, 5) is 28.1. The fraction of sp³-hybridized carbons (Fsp3) is 0.320. The molecule has 5 rings (SSSR count). The van der Waals surface area contributed by atoms with Crippen molar-refractivity contribution in [1.82, 2.24) is 19.4 Å². The molecule has 2 fully saturated rings. The normalized spacial score (nSPS) is 20.7. The van der Waals surface area contributed by atoms with Crippen molar-refractivity contribution in [3.05, 3.63) is 71.0 Å². The molecule has 0 saturated carbocycles. The van der Waals surface area contributed by atoms with Crippen molar-refractivity contribution in [2.24, 2.45) is 5.41 Å². The summed E-state index contributed by atoms with van der Waals surface area (Å²) >= 11 is 12.7. The lowest BCUT2D eigenvalue weighted by Crippen LogP contribution is -2.72. The molecule has 0 bridgehead atoms. The van der Waals surface area contributed by atoms with Crippen LogP contribution < -0.4 is 0 Å². The maximum Gasteiger partial charge on any atom is 0.275 e. The largest absolute Gasteiger partial charge is 0.337 e. The Hall–Kier alpha value is -2.97. The number of alkyl halides is 2. The van der Waals surface area contributed by atoms with Crippen molar-refractivity contribution in [1.29, 1.82) is 0 Å². The van der Waals surface area contributed by atoms with Crippen LogP contribution in [0.5, 0.6) is 0 Å². The molecule has 1 aromatic carbocycles. The fourth-order valence-electron chi connectivity index (χ4n) is 5.20. The highest BCUT2D eigenvalue weighted by molar-refractivity contribution is 6.34. The second kappa shape index (κ2) is 8.31. The molecule has 35 heavy (non-hydrogen) atoms. The molecular formula is C25H22Cl2F2N4O2. The molecule has 182 valence electrons. The minimum Gasteiger partial charge on any atom is -0.337 e. The van der Waals surface area contributed by atoms with Crippen LogP contribution in [0.3, 0.4) is 0 Å². The number of carbonyl (C=O) groups is 2. The topological polar surface area (TPSA) is 57.9 Å². The van der Waals surface area contributed by atoms with Gasteiger partial charge < -0.3 is 9.80 Å². The number of pyridine rings is 1. The Morgan fingerprint density at radius 1 is 1.17 bits per heavy atom. The van der Waals surface area contributed by atoms with Gasteiger partial charge in [-0.25, -0.2) is 13.3 Å². The number of likely N-dealkylation sites (tertiary alicyclic amines) is 2. The van der Waals surface area contributed by atoms with E-state index in [1.807, 2.05) is 0 Å². The molecule has 1 atom stereocenters. The van der Waals surface area contributed by atoms with Gasteiger partial charge in [0.25, 0.3) is 11.8 Å². The summed E-state index contributed by atoms with van der Waals surface area (Å²) in [7, 11) is 0. The minimum absolute atomic E-state index is 0.0241. The van der Waals surface area contributed by atoms with Crippen LogP contribution in [-0.2, 0) is 4.79 Å². The van der Waals surface area contributed by atoms with Crippen LogP contribution >= 0.6 is 23.2 Å². The number of aromatic nitrogens is 2. The second-order valence-corrected chi connectivity index (χ2v) is 10.1. The summed E-state index contributed by atoms with van der Waals surface area (Å²) in [6.07, 6.45) is 2.80. The number of halogens is 4. The zero-order valence-electron chi connectivity index (χ0n) is 18.8. The van der Waals surface area contributed by atoms with Gasteiger partial charge in [0.05, 0.1) is 17.5 Å². The number of carbonyl (C=O) groups excluding carboxylic acids is 2. The van der Waals surface area contributed by atoms with Crippen molar-refractivity contribution in [3.63, 3.8) is 0 Å². The van der Waals surface area contributed by atoms with Crippen LogP contribution in [0.2, 0.25) is 10.0 Å². The number of piperidine rings is 1. The Balaban J connectivity index is 1.53. The van der Waals surface area contributed by atoms with Crippen LogP contribution in [-0.4, -0.2) is 62.8 Å². The molecule has 4 heterocycles. The smallest absolute Gasteiger partial charge is 0.275 e. The van der Waals surface area contributed by atoms with Crippen LogP contribution in [0.1, 0.15) is 23.8 Å². The SMILES string of the molecule is C=CC(=O)N1CC2(C[C@@H](C)N(C(=O)c3nn4ccc(Cl)cc4c3-c3ccccc3Cl)CC2(F)F)C1. The minimum atomic E-state index is -3.18. The summed E-state index contributed by atoms with van der Waals surface area (Å²) in [6, 6.07) is 9.77. The first-order chi connectivity index (χ1) is 16.6. The van der Waals surface area contributed by atoms with E-state index in [4.69, 9.17) is 23.2 Å². The molecule has 0 radical (unpaired) electrons. The van der Waals surface area contributed by atoms with E-state index >= 15 is 8.78 Å². The Bertz CT molecular complexity index is 1370. The van der Waals surface area contributed by atoms with Gasteiger partial charge in [-0.1, -0.05) is 48.0 Å². The van der Waals surface area contributed by atoms with Gasteiger partial charge in [0.1, 0.15) is 0 Å². The number of benzene rings is 1. The number of hydrogen-bond acceptors (Lipinski definition) is 3. The van der Waals surface area contributed by atoms with Crippen molar-refractivity contribution in [3.8, 4) is 11.1 Å². The van der Waals surface area contributed by atoms with Gasteiger partial charge in [-0.05, 0) is 37.6 Å². The summed E-state index contributed by atoms with van der Waals surface area (Å²) in [5.41, 5.74) is 0.195. The average Bonchev–Trinajstić information content (AvgIpc) is 3.16. The van der Waals surface area contributed by atoms with Gasteiger partial charge in [-0.2, -0.15) is 5.10 Å². The predicted octanol–water partition coefficient (Wildman–Crippen LogP) is 5.19. The predicted molar refractivity (Wildman–Crippen MR) is 130 cm³/mol. The first-order valence-corrected chi connectivity index (χ1v) is 11.9. The maximum atomic E-state index is 15.5. The Labute approximate surface area is 210 Å². The Morgan fingerprint density at radius 3 is 2.57 bits per heavy atom. The van der Waals surface area contributed by atoms with E-state index < -0.39 is 29.8 Å². The number of fused-ring (bicyclic) bond motifs is 1. The Morgan fingerprint density at radius 2 is 1.89 bits per heavy atom. The average molecular weight is 519 g/mol. The van der Waals surface area contributed by atoms with Crippen molar-refractivity contribution in [2.75, 3.05) is 19.6 Å². The van der Waals surface area contributed by atoms with Gasteiger partial charge >= 0.3 is 0 Å². The molecule has 2 aromatic heterocycles. The van der Waals surface area contributed by atoms with Gasteiger partial charge in [-0.15, -0.1) is 0 Å². The number of amides is 2. The van der Waals surface area contributed by atoms with Gasteiger partial charge in [0.15, 0.2) is 5.69 Å². The molecule has 0 N–H and O–H groups in total. The molecule has 2 saturated heterocycles. The lowest BCUT2D eigenvalue weighted by Gasteiger charge is -2.58. The molecule has 6 nitrogen and oxygen atoms in total. The molecule has 2 aliphatic rings. The number of rotatable bonds is 3. The molecule has 1 spiro atoms. The monoisotopic (exact) mass is 518 g/mol. The van der Waals surface area contributed by atoms with Crippen LogP contribution in [0.4, 0.5) is 8.78 Å². The lowest BCUT2D eigenvalue weighted by atomic mass is 9.67. The molecule has 3 aromatic rings. The quantitative estimate of drug-likeness (QED) is 0.448. The third-order valence-electron chi connectivity index (χ3n) is 7.04. The summed E-state index contributed by atoms with van der Waals surface area (Å²) in [5, 5.41) is 5.28. The van der Waals surface area contributed by atoms with Gasteiger partial charge in [0.2, 0.25) is 5.91 Å². The van der Waals surface area contributed by atoms with Crippen molar-refractivity contribution < 1.29 is 18.4 Å². The fourth-order valence-corrected chi connectivity index (χ4v) is 5.59. The van der Waals surface area contributed by atoms with Gasteiger partial charge in [0, 0.05) is 46.5 Å². The zero-order chi connectivity index (χ0) is 25.1. The van der Waals surface area contributed by atoms with Crippen molar-refractivity contribution in [2.45, 2.75) is 25.3 Å². The summed E-state index contributed by atoms with van der Waals surface area (Å²) in [5.74, 6) is -4.16. The summed E-state index contributed by atoms with van der Waals surface area (Å²) < 4.78 is 32.4. The van der Waals surface area contributed by atoms with Crippen LogP contribution in [0, 0.1) is 5.41 Å². The van der Waals surface area contributed by atoms with E-state index in [1.165, 1.54) is 14.3 Å². The molecule has 2 amide bonds.